The van der Waals surface area contributed by atoms with E-state index in [0.29, 0.717) is 16.9 Å². The predicted octanol–water partition coefficient (Wildman–Crippen LogP) is 4.44. The van der Waals surface area contributed by atoms with Gasteiger partial charge in [0.1, 0.15) is 5.58 Å². The monoisotopic (exact) mass is 360 g/mol. The number of terminal acetylenes is 1. The lowest BCUT2D eigenvalue weighted by Crippen LogP contribution is -2.16. The van der Waals surface area contributed by atoms with Crippen molar-refractivity contribution in [1.82, 2.24) is 4.57 Å². The number of hydrogen-bond donors (Lipinski definition) is 0. The van der Waals surface area contributed by atoms with Crippen LogP contribution >= 0.6 is 11.3 Å². The highest BCUT2D eigenvalue weighted by Gasteiger charge is 2.14. The molecule has 0 unspecified atom stereocenters. The first kappa shape index (κ1) is 16.4. The number of carbonyl (C=O) groups is 1. The fourth-order valence-corrected chi connectivity index (χ4v) is 4.15. The zero-order chi connectivity index (χ0) is 18.3. The third-order valence-electron chi connectivity index (χ3n) is 4.20. The molecule has 0 aliphatic rings. The summed E-state index contributed by atoms with van der Waals surface area (Å²) in [5.74, 6) is 2.47. The summed E-state index contributed by atoms with van der Waals surface area (Å²) in [7, 11) is 0. The van der Waals surface area contributed by atoms with Crippen LogP contribution in [-0.4, -0.2) is 10.5 Å². The van der Waals surface area contributed by atoms with E-state index in [9.17, 15) is 4.79 Å². The van der Waals surface area contributed by atoms with E-state index in [1.165, 1.54) is 11.3 Å². The minimum Gasteiger partial charge on any atom is -0.451 e. The van der Waals surface area contributed by atoms with Gasteiger partial charge in [-0.1, -0.05) is 41.5 Å². The summed E-state index contributed by atoms with van der Waals surface area (Å²) in [5.41, 5.74) is 3.97. The highest BCUT2D eigenvalue weighted by Crippen LogP contribution is 2.24. The number of fused-ring (bicyclic) bond motifs is 2. The first-order chi connectivity index (χ1) is 12.6. The molecule has 2 aromatic heterocycles. The van der Waals surface area contributed by atoms with Gasteiger partial charge in [0.25, 0.3) is 0 Å². The minimum atomic E-state index is -0.409. The maximum atomic E-state index is 12.7. The molecule has 0 bridgehead atoms. The number of amides is 1. The maximum Gasteiger partial charge on any atom is 0.315 e. The summed E-state index contributed by atoms with van der Waals surface area (Å²) in [6, 6.07) is 13.4. The van der Waals surface area contributed by atoms with Gasteiger partial charge in [-0.3, -0.25) is 4.79 Å². The molecule has 0 aliphatic carbocycles. The van der Waals surface area contributed by atoms with E-state index in [0.717, 1.165) is 26.7 Å². The lowest BCUT2D eigenvalue weighted by atomic mass is 10.1. The Morgan fingerprint density at radius 3 is 2.85 bits per heavy atom. The van der Waals surface area contributed by atoms with Gasteiger partial charge in [0.2, 0.25) is 0 Å². The molecule has 4 rings (SSSR count). The van der Waals surface area contributed by atoms with Crippen molar-refractivity contribution in [3.8, 4) is 12.3 Å². The number of rotatable bonds is 2. The summed E-state index contributed by atoms with van der Waals surface area (Å²) in [5, 5.41) is 0.880. The van der Waals surface area contributed by atoms with Crippen LogP contribution < -0.4 is 4.80 Å². The van der Waals surface area contributed by atoms with Crippen molar-refractivity contribution >= 4 is 38.4 Å². The second kappa shape index (κ2) is 6.32. The van der Waals surface area contributed by atoms with Gasteiger partial charge in [0, 0.05) is 5.39 Å². The Balaban J connectivity index is 1.89. The second-order valence-electron chi connectivity index (χ2n) is 6.17. The molecular formula is C21H16N2O2S. The van der Waals surface area contributed by atoms with Crippen molar-refractivity contribution in [3.63, 3.8) is 0 Å². The van der Waals surface area contributed by atoms with Crippen LogP contribution in [0.15, 0.2) is 51.9 Å². The SMILES string of the molecule is C#CCn1c(=NC(=O)c2cc3ccccc3o2)sc2c(C)cc(C)cc21. The van der Waals surface area contributed by atoms with Crippen LogP contribution in [0, 0.1) is 26.2 Å². The second-order valence-corrected chi connectivity index (χ2v) is 7.15. The average molecular weight is 360 g/mol. The molecule has 5 heteroatoms. The van der Waals surface area contributed by atoms with Crippen molar-refractivity contribution in [1.29, 1.82) is 0 Å². The van der Waals surface area contributed by atoms with E-state index in [4.69, 9.17) is 10.8 Å². The van der Waals surface area contributed by atoms with Crippen LogP contribution in [0.4, 0.5) is 0 Å². The zero-order valence-corrected chi connectivity index (χ0v) is 15.3. The normalized spacial score (nSPS) is 12.0. The van der Waals surface area contributed by atoms with E-state index in [2.05, 4.69) is 30.0 Å². The first-order valence-electron chi connectivity index (χ1n) is 8.18. The topological polar surface area (TPSA) is 47.5 Å². The van der Waals surface area contributed by atoms with Gasteiger partial charge in [0.05, 0.1) is 16.8 Å². The Kier molecular flexibility index (Phi) is 3.98. The van der Waals surface area contributed by atoms with Gasteiger partial charge in [-0.15, -0.1) is 6.42 Å². The molecule has 0 spiro atoms. The average Bonchev–Trinajstić information content (AvgIpc) is 3.18. The van der Waals surface area contributed by atoms with Crippen molar-refractivity contribution in [3.05, 3.63) is 64.2 Å². The number of aryl methyl sites for hydroxylation is 2. The van der Waals surface area contributed by atoms with E-state index >= 15 is 0 Å². The molecule has 0 radical (unpaired) electrons. The van der Waals surface area contributed by atoms with Crippen LogP contribution in [0.5, 0.6) is 0 Å². The molecule has 26 heavy (non-hydrogen) atoms. The van der Waals surface area contributed by atoms with Gasteiger partial charge < -0.3 is 8.98 Å². The van der Waals surface area contributed by atoms with Crippen LogP contribution in [0.1, 0.15) is 21.7 Å². The molecule has 1 amide bonds. The van der Waals surface area contributed by atoms with Gasteiger partial charge in [0.15, 0.2) is 10.6 Å². The highest BCUT2D eigenvalue weighted by atomic mass is 32.1. The number of hydrogen-bond acceptors (Lipinski definition) is 3. The molecule has 0 saturated carbocycles. The summed E-state index contributed by atoms with van der Waals surface area (Å²) < 4.78 is 8.62. The van der Waals surface area contributed by atoms with E-state index in [1.54, 1.807) is 6.07 Å². The summed E-state index contributed by atoms with van der Waals surface area (Å²) in [6.45, 7) is 4.45. The Bertz CT molecular complexity index is 1230. The molecule has 0 fully saturated rings. The van der Waals surface area contributed by atoms with Crippen molar-refractivity contribution in [2.24, 2.45) is 4.99 Å². The largest absolute Gasteiger partial charge is 0.451 e. The predicted molar refractivity (Wildman–Crippen MR) is 104 cm³/mol. The number of thiazole rings is 1. The number of benzene rings is 2. The van der Waals surface area contributed by atoms with Gasteiger partial charge >= 0.3 is 5.91 Å². The molecule has 4 aromatic rings. The Hall–Kier alpha value is -3.10. The van der Waals surface area contributed by atoms with Crippen LogP contribution in [0.3, 0.4) is 0 Å². The minimum absolute atomic E-state index is 0.226. The molecule has 128 valence electrons. The number of furan rings is 1. The highest BCUT2D eigenvalue weighted by molar-refractivity contribution is 7.16. The lowest BCUT2D eigenvalue weighted by Gasteiger charge is -2.02. The zero-order valence-electron chi connectivity index (χ0n) is 14.4. The van der Waals surface area contributed by atoms with Crippen molar-refractivity contribution in [2.75, 3.05) is 0 Å². The quantitative estimate of drug-likeness (QED) is 0.496. The molecule has 2 aromatic carbocycles. The molecule has 4 nitrogen and oxygen atoms in total. The molecule has 0 atom stereocenters. The molecular weight excluding hydrogens is 344 g/mol. The van der Waals surface area contributed by atoms with E-state index in [1.807, 2.05) is 35.8 Å². The van der Waals surface area contributed by atoms with E-state index < -0.39 is 5.91 Å². The fourth-order valence-electron chi connectivity index (χ4n) is 3.07. The van der Waals surface area contributed by atoms with Crippen molar-refractivity contribution in [2.45, 2.75) is 20.4 Å². The first-order valence-corrected chi connectivity index (χ1v) is 9.00. The van der Waals surface area contributed by atoms with Crippen LogP contribution in [0.2, 0.25) is 0 Å². The van der Waals surface area contributed by atoms with Crippen molar-refractivity contribution < 1.29 is 9.21 Å². The Morgan fingerprint density at radius 2 is 2.08 bits per heavy atom. The van der Waals surface area contributed by atoms with Gasteiger partial charge in [-0.2, -0.15) is 4.99 Å². The Morgan fingerprint density at radius 1 is 1.27 bits per heavy atom. The number of nitrogens with zero attached hydrogens (tertiary/aromatic N) is 2. The summed E-state index contributed by atoms with van der Waals surface area (Å²) in [6.07, 6.45) is 5.54. The number of aromatic nitrogens is 1. The third kappa shape index (κ3) is 2.75. The van der Waals surface area contributed by atoms with Gasteiger partial charge in [-0.25, -0.2) is 0 Å². The molecule has 0 saturated heterocycles. The van der Waals surface area contributed by atoms with Crippen LogP contribution in [-0.2, 0) is 6.54 Å². The van der Waals surface area contributed by atoms with Crippen LogP contribution in [0.25, 0.3) is 21.2 Å². The number of carbonyl (C=O) groups excluding carboxylic acids is 1. The molecule has 0 N–H and O–H groups in total. The summed E-state index contributed by atoms with van der Waals surface area (Å²) >= 11 is 1.47. The maximum absolute atomic E-state index is 12.7. The fraction of sp³-hybridized carbons (Fsp3) is 0.143. The third-order valence-corrected chi connectivity index (χ3v) is 5.43. The molecule has 2 heterocycles. The van der Waals surface area contributed by atoms with E-state index in [-0.39, 0.29) is 5.76 Å². The summed E-state index contributed by atoms with van der Waals surface area (Å²) in [4.78, 5) is 17.5. The lowest BCUT2D eigenvalue weighted by molar-refractivity contribution is 0.0973. The smallest absolute Gasteiger partial charge is 0.315 e. The number of para-hydroxylation sites is 1. The standard InChI is InChI=1S/C21H16N2O2S/c1-4-9-23-16-11-13(2)10-14(3)19(16)26-21(23)22-20(24)18-12-15-7-5-6-8-17(15)25-18/h1,5-8,10-12H,9H2,2-3H3. The molecule has 0 aliphatic heterocycles. The Labute approximate surface area is 154 Å². The van der Waals surface area contributed by atoms with Gasteiger partial charge in [-0.05, 0) is 43.2 Å².